The Balaban J connectivity index is 2.72. The maximum atomic E-state index is 10.7. The number of hydrogen-bond acceptors (Lipinski definition) is 2. The summed E-state index contributed by atoms with van der Waals surface area (Å²) in [7, 11) is 0. The molecule has 1 amide bonds. The predicted molar refractivity (Wildman–Crippen MR) is 53.2 cm³/mol. The number of nitrogens with zero attached hydrogens (tertiary/aromatic N) is 1. The second kappa shape index (κ2) is 4.12. The van der Waals surface area contributed by atoms with E-state index in [0.29, 0.717) is 13.0 Å². The smallest absolute Gasteiger partial charge is 0.408 e. The Kier molecular flexibility index (Phi) is 3.34. The maximum Gasteiger partial charge on any atom is 0.408 e. The number of carboxylic acid groups (broad SMARTS) is 2. The molecule has 1 fully saturated rings. The zero-order valence-corrected chi connectivity index (χ0v) is 8.97. The van der Waals surface area contributed by atoms with Crippen molar-refractivity contribution in [3.63, 3.8) is 0 Å². The highest BCUT2D eigenvalue weighted by Crippen LogP contribution is 2.23. The molecule has 74 valence electrons. The van der Waals surface area contributed by atoms with Crippen LogP contribution in [0.4, 0.5) is 4.79 Å². The second-order valence-electron chi connectivity index (χ2n) is 2.95. The lowest BCUT2D eigenvalue weighted by molar-refractivity contribution is -0.143. The molecule has 0 saturated carbocycles. The van der Waals surface area contributed by atoms with Gasteiger partial charge in [-0.05, 0) is 12.8 Å². The minimum Gasteiger partial charge on any atom is -0.480 e. The first kappa shape index (κ1) is 10.6. The van der Waals surface area contributed by atoms with Gasteiger partial charge in [-0.3, -0.25) is 4.90 Å². The second-order valence-corrected chi connectivity index (χ2v) is 4.71. The number of halogens is 1. The number of rotatable bonds is 1. The van der Waals surface area contributed by atoms with E-state index >= 15 is 0 Å². The van der Waals surface area contributed by atoms with Crippen LogP contribution < -0.4 is 0 Å². The van der Waals surface area contributed by atoms with Crippen LogP contribution in [0.1, 0.15) is 12.8 Å². The fourth-order valence-electron chi connectivity index (χ4n) is 1.39. The lowest BCUT2D eigenvalue weighted by Gasteiger charge is -2.32. The topological polar surface area (TPSA) is 77.8 Å². The van der Waals surface area contributed by atoms with Crippen molar-refractivity contribution in [2.45, 2.75) is 22.8 Å². The molecule has 0 aromatic rings. The van der Waals surface area contributed by atoms with Crippen LogP contribution in [0.3, 0.4) is 0 Å². The highest BCUT2D eigenvalue weighted by molar-refractivity contribution is 14.1. The molecule has 1 saturated heterocycles. The molecule has 0 radical (unpaired) electrons. The summed E-state index contributed by atoms with van der Waals surface area (Å²) in [6.45, 7) is 0.319. The number of piperidine rings is 1. The van der Waals surface area contributed by atoms with Crippen molar-refractivity contribution < 1.29 is 19.8 Å². The molecule has 0 unspecified atom stereocenters. The number of carboxylic acids is 1. The normalized spacial score (nSPS) is 28.5. The van der Waals surface area contributed by atoms with Crippen molar-refractivity contribution in [2.24, 2.45) is 0 Å². The summed E-state index contributed by atoms with van der Waals surface area (Å²) in [5.41, 5.74) is 0. The first-order valence-corrected chi connectivity index (χ1v) is 5.13. The lowest BCUT2D eigenvalue weighted by Crippen LogP contribution is -2.49. The average Bonchev–Trinajstić information content (AvgIpc) is 2.03. The van der Waals surface area contributed by atoms with Crippen LogP contribution >= 0.6 is 22.6 Å². The Bertz CT molecular complexity index is 233. The van der Waals surface area contributed by atoms with E-state index in [1.54, 1.807) is 0 Å². The Labute approximate surface area is 88.9 Å². The molecular weight excluding hydrogens is 289 g/mol. The standard InChI is InChI=1S/C7H10INO4/c8-4-1-2-9(7(12)13)5(3-4)6(10)11/h4-5H,1-3H2,(H,10,11)(H,12,13)/t4-,5-/m0/s1. The maximum absolute atomic E-state index is 10.7. The van der Waals surface area contributed by atoms with Gasteiger partial charge in [0, 0.05) is 10.5 Å². The Morgan fingerprint density at radius 2 is 2.00 bits per heavy atom. The molecule has 1 aliphatic heterocycles. The largest absolute Gasteiger partial charge is 0.480 e. The third kappa shape index (κ3) is 2.45. The summed E-state index contributed by atoms with van der Waals surface area (Å²) in [5.74, 6) is -1.05. The number of amides is 1. The van der Waals surface area contributed by atoms with E-state index < -0.39 is 18.1 Å². The molecule has 1 heterocycles. The fourth-order valence-corrected chi connectivity index (χ4v) is 2.15. The van der Waals surface area contributed by atoms with Crippen LogP contribution in [0.15, 0.2) is 0 Å². The van der Waals surface area contributed by atoms with E-state index in [4.69, 9.17) is 10.2 Å². The summed E-state index contributed by atoms with van der Waals surface area (Å²) in [6.07, 6.45) is -0.00514. The van der Waals surface area contributed by atoms with Crippen LogP contribution in [-0.4, -0.2) is 43.7 Å². The number of likely N-dealkylation sites (tertiary alicyclic amines) is 1. The van der Waals surface area contributed by atoms with Crippen LogP contribution in [0.2, 0.25) is 0 Å². The van der Waals surface area contributed by atoms with E-state index in [1.165, 1.54) is 0 Å². The molecule has 2 atom stereocenters. The fraction of sp³-hybridized carbons (Fsp3) is 0.714. The molecular formula is C7H10INO4. The molecule has 13 heavy (non-hydrogen) atoms. The third-order valence-electron chi connectivity index (χ3n) is 2.07. The molecule has 2 N–H and O–H groups in total. The first-order valence-electron chi connectivity index (χ1n) is 3.89. The van der Waals surface area contributed by atoms with Gasteiger partial charge in [-0.15, -0.1) is 0 Å². The van der Waals surface area contributed by atoms with Gasteiger partial charge >= 0.3 is 12.1 Å². The number of carbonyl (C=O) groups is 2. The molecule has 6 heteroatoms. The van der Waals surface area contributed by atoms with Crippen molar-refractivity contribution in [1.29, 1.82) is 0 Å². The zero-order chi connectivity index (χ0) is 10.0. The third-order valence-corrected chi connectivity index (χ3v) is 3.20. The van der Waals surface area contributed by atoms with Gasteiger partial charge in [0.15, 0.2) is 0 Å². The van der Waals surface area contributed by atoms with Crippen LogP contribution in [0, 0.1) is 0 Å². The molecule has 0 aromatic heterocycles. The molecule has 0 bridgehead atoms. The van der Waals surface area contributed by atoms with Gasteiger partial charge in [-0.1, -0.05) is 22.6 Å². The van der Waals surface area contributed by atoms with E-state index in [2.05, 4.69) is 22.6 Å². The van der Waals surface area contributed by atoms with Gasteiger partial charge in [-0.25, -0.2) is 9.59 Å². The SMILES string of the molecule is O=C(O)[C@@H]1C[C@@H](I)CCN1C(=O)O. The summed E-state index contributed by atoms with van der Waals surface area (Å²) in [5, 5.41) is 17.5. The molecule has 0 aromatic carbocycles. The highest BCUT2D eigenvalue weighted by atomic mass is 127. The van der Waals surface area contributed by atoms with Crippen LogP contribution in [0.25, 0.3) is 0 Å². The summed E-state index contributed by atoms with van der Waals surface area (Å²) in [4.78, 5) is 22.3. The van der Waals surface area contributed by atoms with Crippen molar-refractivity contribution in [2.75, 3.05) is 6.54 Å². The van der Waals surface area contributed by atoms with Crippen molar-refractivity contribution in [3.8, 4) is 0 Å². The minimum atomic E-state index is -1.14. The van der Waals surface area contributed by atoms with Gasteiger partial charge in [0.2, 0.25) is 0 Å². The van der Waals surface area contributed by atoms with Gasteiger partial charge in [0.1, 0.15) is 6.04 Å². The monoisotopic (exact) mass is 299 g/mol. The van der Waals surface area contributed by atoms with E-state index in [9.17, 15) is 9.59 Å². The van der Waals surface area contributed by atoms with Crippen LogP contribution in [-0.2, 0) is 4.79 Å². The molecule has 1 rings (SSSR count). The van der Waals surface area contributed by atoms with Crippen molar-refractivity contribution in [3.05, 3.63) is 0 Å². The van der Waals surface area contributed by atoms with E-state index in [1.807, 2.05) is 0 Å². The molecule has 5 nitrogen and oxygen atoms in total. The number of alkyl halides is 1. The van der Waals surface area contributed by atoms with E-state index in [-0.39, 0.29) is 3.92 Å². The first-order chi connectivity index (χ1) is 6.02. The summed E-state index contributed by atoms with van der Waals surface area (Å²) >= 11 is 2.16. The Hall–Kier alpha value is -0.530. The molecule has 0 aliphatic carbocycles. The minimum absolute atomic E-state index is 0.259. The number of aliphatic carboxylic acids is 1. The zero-order valence-electron chi connectivity index (χ0n) is 6.81. The van der Waals surface area contributed by atoms with Crippen LogP contribution in [0.5, 0.6) is 0 Å². The van der Waals surface area contributed by atoms with Gasteiger partial charge in [-0.2, -0.15) is 0 Å². The highest BCUT2D eigenvalue weighted by Gasteiger charge is 2.35. The van der Waals surface area contributed by atoms with E-state index in [0.717, 1.165) is 11.3 Å². The van der Waals surface area contributed by atoms with Crippen molar-refractivity contribution in [1.82, 2.24) is 4.90 Å². The van der Waals surface area contributed by atoms with Gasteiger partial charge in [0.25, 0.3) is 0 Å². The van der Waals surface area contributed by atoms with Crippen molar-refractivity contribution >= 4 is 34.7 Å². The quantitative estimate of drug-likeness (QED) is 0.560. The summed E-state index contributed by atoms with van der Waals surface area (Å²) < 4.78 is 0.259. The van der Waals surface area contributed by atoms with Gasteiger partial charge < -0.3 is 10.2 Å². The Morgan fingerprint density at radius 1 is 1.38 bits per heavy atom. The summed E-state index contributed by atoms with van der Waals surface area (Å²) in [6, 6.07) is -0.867. The van der Waals surface area contributed by atoms with Gasteiger partial charge in [0.05, 0.1) is 0 Å². The number of hydrogen-bond donors (Lipinski definition) is 2. The lowest BCUT2D eigenvalue weighted by atomic mass is 10.0. The average molecular weight is 299 g/mol. The Morgan fingerprint density at radius 3 is 2.46 bits per heavy atom. The molecule has 0 spiro atoms. The molecule has 1 aliphatic rings. The predicted octanol–water partition coefficient (Wildman–Crippen LogP) is 1.02.